The Balaban J connectivity index is 0.00000312. The zero-order chi connectivity index (χ0) is 17.5. The molecule has 0 fully saturated rings. The van der Waals surface area contributed by atoms with E-state index in [1.54, 1.807) is 14.2 Å². The van der Waals surface area contributed by atoms with Crippen molar-refractivity contribution in [3.05, 3.63) is 58.3 Å². The van der Waals surface area contributed by atoms with Crippen molar-refractivity contribution in [1.29, 1.82) is 0 Å². The van der Waals surface area contributed by atoms with E-state index < -0.39 is 0 Å². The Kier molecular flexibility index (Phi) is 9.52. The lowest BCUT2D eigenvalue weighted by atomic mass is 10.1. The molecule has 1 N–H and O–H groups in total. The van der Waals surface area contributed by atoms with Gasteiger partial charge in [-0.3, -0.25) is 4.99 Å². The number of nitrogens with one attached hydrogen (secondary N) is 1. The number of rotatable bonds is 6. The zero-order valence-electron chi connectivity index (χ0n) is 15.1. The summed E-state index contributed by atoms with van der Waals surface area (Å²) in [6, 6.07) is 12.3. The van der Waals surface area contributed by atoms with Crippen molar-refractivity contribution in [2.45, 2.75) is 12.6 Å². The minimum Gasteiger partial charge on any atom is -0.375 e. The van der Waals surface area contributed by atoms with E-state index in [0.29, 0.717) is 6.54 Å². The molecule has 1 aromatic heterocycles. The minimum absolute atomic E-state index is 0. The molecule has 0 aliphatic heterocycles. The van der Waals surface area contributed by atoms with Gasteiger partial charge < -0.3 is 19.5 Å². The van der Waals surface area contributed by atoms with Crippen LogP contribution in [-0.4, -0.2) is 43.2 Å². The fourth-order valence-corrected chi connectivity index (χ4v) is 3.19. The Labute approximate surface area is 175 Å². The molecule has 0 aliphatic carbocycles. The summed E-state index contributed by atoms with van der Waals surface area (Å²) in [6.07, 6.45) is 2.04. The van der Waals surface area contributed by atoms with E-state index in [9.17, 15) is 0 Å². The van der Waals surface area contributed by atoms with Gasteiger partial charge in [0.25, 0.3) is 0 Å². The van der Waals surface area contributed by atoms with E-state index in [1.807, 2.05) is 32.3 Å². The first-order valence-electron chi connectivity index (χ1n) is 7.85. The summed E-state index contributed by atoms with van der Waals surface area (Å²) in [6.45, 7) is 1.43. The summed E-state index contributed by atoms with van der Waals surface area (Å²) in [5.74, 6) is 0.838. The van der Waals surface area contributed by atoms with Gasteiger partial charge in [-0.05, 0) is 27.6 Å². The van der Waals surface area contributed by atoms with Crippen LogP contribution in [0, 0.1) is 0 Å². The highest BCUT2D eigenvalue weighted by atomic mass is 127. The van der Waals surface area contributed by atoms with E-state index in [0.717, 1.165) is 22.5 Å². The van der Waals surface area contributed by atoms with Crippen molar-refractivity contribution in [2.24, 2.45) is 12.0 Å². The van der Waals surface area contributed by atoms with Crippen molar-refractivity contribution in [1.82, 2.24) is 14.8 Å². The fraction of sp³-hybridized carbons (Fsp3) is 0.389. The summed E-state index contributed by atoms with van der Waals surface area (Å²) in [5, 5.41) is 3.40. The Hall–Kier alpha value is -1.06. The largest absolute Gasteiger partial charge is 0.375 e. The van der Waals surface area contributed by atoms with E-state index in [1.165, 1.54) is 5.69 Å². The van der Waals surface area contributed by atoms with Crippen molar-refractivity contribution in [3.63, 3.8) is 0 Å². The molecule has 5 nitrogen and oxygen atoms in total. The lowest BCUT2D eigenvalue weighted by Crippen LogP contribution is -2.40. The van der Waals surface area contributed by atoms with Crippen LogP contribution in [0.25, 0.3) is 0 Å². The Morgan fingerprint density at radius 1 is 1.36 bits per heavy atom. The predicted octanol–water partition coefficient (Wildman–Crippen LogP) is 3.80. The lowest BCUT2D eigenvalue weighted by molar-refractivity contribution is 0.106. The number of hydrogen-bond donors (Lipinski definition) is 1. The fourth-order valence-electron chi connectivity index (χ4n) is 2.61. The molecule has 1 unspecified atom stereocenters. The molecule has 0 radical (unpaired) electrons. The molecule has 25 heavy (non-hydrogen) atoms. The van der Waals surface area contributed by atoms with E-state index >= 15 is 0 Å². The average molecular weight is 521 g/mol. The molecule has 1 heterocycles. The Bertz CT molecular complexity index is 675. The van der Waals surface area contributed by atoms with Crippen molar-refractivity contribution in [2.75, 3.05) is 27.7 Å². The normalized spacial score (nSPS) is 12.4. The quantitative estimate of drug-likeness (QED) is 0.358. The molecule has 1 atom stereocenters. The molecule has 2 aromatic rings. The number of aliphatic imine (C=N–C) groups is 1. The second kappa shape index (κ2) is 10.8. The number of aryl methyl sites for hydroxylation is 1. The van der Waals surface area contributed by atoms with Gasteiger partial charge in [0.15, 0.2) is 5.96 Å². The van der Waals surface area contributed by atoms with Gasteiger partial charge >= 0.3 is 0 Å². The van der Waals surface area contributed by atoms with Gasteiger partial charge in [0.05, 0.1) is 12.6 Å². The number of halogens is 2. The third kappa shape index (κ3) is 6.31. The third-order valence-electron chi connectivity index (χ3n) is 3.95. The van der Waals surface area contributed by atoms with Crippen LogP contribution >= 0.6 is 39.9 Å². The molecular weight excluding hydrogens is 495 g/mol. The van der Waals surface area contributed by atoms with Crippen LogP contribution in [0.3, 0.4) is 0 Å². The first-order valence-corrected chi connectivity index (χ1v) is 8.64. The number of hydrogen-bond acceptors (Lipinski definition) is 2. The molecule has 2 rings (SSSR count). The zero-order valence-corrected chi connectivity index (χ0v) is 19.0. The molecule has 0 aliphatic rings. The van der Waals surface area contributed by atoms with Gasteiger partial charge in [0, 0.05) is 51.2 Å². The highest BCUT2D eigenvalue weighted by molar-refractivity contribution is 14.0. The van der Waals surface area contributed by atoms with Crippen molar-refractivity contribution < 1.29 is 4.74 Å². The molecular formula is C18H26BrIN4O. The molecule has 7 heteroatoms. The van der Waals surface area contributed by atoms with Gasteiger partial charge in [-0.15, -0.1) is 24.0 Å². The van der Waals surface area contributed by atoms with Crippen LogP contribution in [0.15, 0.2) is 52.1 Å². The maximum atomic E-state index is 5.61. The molecule has 0 saturated heterocycles. The predicted molar refractivity (Wildman–Crippen MR) is 118 cm³/mol. The second-order valence-electron chi connectivity index (χ2n) is 5.68. The summed E-state index contributed by atoms with van der Waals surface area (Å²) in [5.41, 5.74) is 2.36. The second-order valence-corrected chi connectivity index (χ2v) is 6.60. The topological polar surface area (TPSA) is 41.8 Å². The van der Waals surface area contributed by atoms with Crippen LogP contribution in [0.4, 0.5) is 0 Å². The van der Waals surface area contributed by atoms with E-state index in [4.69, 9.17) is 4.74 Å². The lowest BCUT2D eigenvalue weighted by Gasteiger charge is -2.24. The third-order valence-corrected chi connectivity index (χ3v) is 4.38. The number of aromatic nitrogens is 1. The maximum Gasteiger partial charge on any atom is 0.193 e. The van der Waals surface area contributed by atoms with Crippen LogP contribution in [0.1, 0.15) is 17.4 Å². The van der Waals surface area contributed by atoms with Gasteiger partial charge in [-0.1, -0.05) is 30.3 Å². The summed E-state index contributed by atoms with van der Waals surface area (Å²) >= 11 is 3.51. The van der Waals surface area contributed by atoms with Gasteiger partial charge in [0.2, 0.25) is 0 Å². The number of nitrogens with zero attached hydrogens (tertiary/aromatic N) is 3. The average Bonchev–Trinajstić information content (AvgIpc) is 2.89. The number of methoxy groups -OCH3 is 1. The molecule has 0 bridgehead atoms. The Morgan fingerprint density at radius 3 is 2.56 bits per heavy atom. The van der Waals surface area contributed by atoms with Crippen LogP contribution in [0.2, 0.25) is 0 Å². The first-order chi connectivity index (χ1) is 11.5. The number of ether oxygens (including phenoxy) is 1. The molecule has 138 valence electrons. The monoisotopic (exact) mass is 520 g/mol. The minimum atomic E-state index is -0.0134. The van der Waals surface area contributed by atoms with Crippen molar-refractivity contribution >= 4 is 45.9 Å². The standard InChI is InChI=1S/C18H25BrN4O.HI/c1-20-18(23(3)13-16-10-15(19)12-22(16)2)21-11-17(24-4)14-8-6-5-7-9-14;/h5-10,12,17H,11,13H2,1-4H3,(H,20,21);1H. The van der Waals surface area contributed by atoms with Crippen LogP contribution in [-0.2, 0) is 18.3 Å². The summed E-state index contributed by atoms with van der Waals surface area (Å²) in [7, 11) is 7.60. The smallest absolute Gasteiger partial charge is 0.193 e. The molecule has 0 spiro atoms. The van der Waals surface area contributed by atoms with Crippen LogP contribution in [0.5, 0.6) is 0 Å². The summed E-state index contributed by atoms with van der Waals surface area (Å²) in [4.78, 5) is 6.47. The highest BCUT2D eigenvalue weighted by Gasteiger charge is 2.14. The van der Waals surface area contributed by atoms with Gasteiger partial charge in [-0.2, -0.15) is 0 Å². The van der Waals surface area contributed by atoms with Crippen LogP contribution < -0.4 is 5.32 Å². The molecule has 1 aromatic carbocycles. The Morgan fingerprint density at radius 2 is 2.04 bits per heavy atom. The highest BCUT2D eigenvalue weighted by Crippen LogP contribution is 2.16. The number of guanidine groups is 1. The molecule has 0 saturated carbocycles. The number of benzene rings is 1. The van der Waals surface area contributed by atoms with E-state index in [2.05, 4.69) is 60.1 Å². The molecule has 0 amide bonds. The summed E-state index contributed by atoms with van der Waals surface area (Å²) < 4.78 is 8.80. The van der Waals surface area contributed by atoms with Gasteiger partial charge in [-0.25, -0.2) is 0 Å². The maximum absolute atomic E-state index is 5.61. The first kappa shape index (κ1) is 22.0. The SMILES string of the molecule is CN=C(NCC(OC)c1ccccc1)N(C)Cc1cc(Br)cn1C.I. The van der Waals surface area contributed by atoms with E-state index in [-0.39, 0.29) is 30.1 Å². The van der Waals surface area contributed by atoms with Crippen molar-refractivity contribution in [3.8, 4) is 0 Å². The van der Waals surface area contributed by atoms with Gasteiger partial charge in [0.1, 0.15) is 0 Å².